The van der Waals surface area contributed by atoms with Gasteiger partial charge in [0.25, 0.3) is 5.91 Å². The summed E-state index contributed by atoms with van der Waals surface area (Å²) >= 11 is 0. The molecule has 1 aromatic heterocycles. The van der Waals surface area contributed by atoms with E-state index in [1.54, 1.807) is 13.8 Å². The molecule has 0 radical (unpaired) electrons. The summed E-state index contributed by atoms with van der Waals surface area (Å²) < 4.78 is 5.61. The van der Waals surface area contributed by atoms with E-state index in [4.69, 9.17) is 10.2 Å². The number of oxazole rings is 1. The quantitative estimate of drug-likeness (QED) is 0.698. The van der Waals surface area contributed by atoms with Crippen molar-refractivity contribution in [1.29, 1.82) is 0 Å². The Morgan fingerprint density at radius 1 is 1.32 bits per heavy atom. The maximum Gasteiger partial charge on any atom is 0.318 e. The maximum atomic E-state index is 12.4. The van der Waals surface area contributed by atoms with Crippen molar-refractivity contribution in [3.63, 3.8) is 0 Å². The number of rotatable bonds is 5. The van der Waals surface area contributed by atoms with Gasteiger partial charge in [-0.1, -0.05) is 0 Å². The van der Waals surface area contributed by atoms with Crippen molar-refractivity contribution >= 4 is 17.8 Å². The zero-order chi connectivity index (χ0) is 18.1. The molecule has 1 saturated carbocycles. The molecule has 0 spiro atoms. The van der Waals surface area contributed by atoms with Gasteiger partial charge >= 0.3 is 6.03 Å². The molecule has 136 valence electrons. The van der Waals surface area contributed by atoms with Gasteiger partial charge in [0.1, 0.15) is 0 Å². The minimum absolute atomic E-state index is 0.0924. The molecule has 9 nitrogen and oxygen atoms in total. The van der Waals surface area contributed by atoms with Gasteiger partial charge in [-0.15, -0.1) is 0 Å². The van der Waals surface area contributed by atoms with Crippen LogP contribution < -0.4 is 16.4 Å². The molecule has 0 bridgehead atoms. The van der Waals surface area contributed by atoms with Gasteiger partial charge in [-0.25, -0.2) is 9.78 Å². The molecule has 1 aliphatic carbocycles. The lowest BCUT2D eigenvalue weighted by Gasteiger charge is -2.22. The number of carbonyl (C=O) groups is 3. The second-order valence-electron chi connectivity index (χ2n) is 6.72. The number of aromatic nitrogens is 1. The van der Waals surface area contributed by atoms with E-state index in [1.165, 1.54) is 0 Å². The molecule has 0 aromatic carbocycles. The van der Waals surface area contributed by atoms with E-state index in [1.807, 2.05) is 4.90 Å². The van der Waals surface area contributed by atoms with E-state index in [2.05, 4.69) is 15.6 Å². The topological polar surface area (TPSA) is 131 Å². The third-order valence-electron chi connectivity index (χ3n) is 4.67. The number of likely N-dealkylation sites (tertiary alicyclic amines) is 1. The van der Waals surface area contributed by atoms with Gasteiger partial charge in [0.05, 0.1) is 11.7 Å². The number of aryl methyl sites for hydroxylation is 1. The lowest BCUT2D eigenvalue weighted by molar-refractivity contribution is -0.124. The molecule has 2 unspecified atom stereocenters. The summed E-state index contributed by atoms with van der Waals surface area (Å²) in [5.41, 5.74) is 5.57. The average Bonchev–Trinajstić information content (AvgIpc) is 3.17. The predicted molar refractivity (Wildman–Crippen MR) is 87.8 cm³/mol. The number of carbonyl (C=O) groups excluding carboxylic acids is 3. The number of nitrogens with two attached hydrogens (primary N) is 1. The van der Waals surface area contributed by atoms with Crippen LogP contribution in [-0.2, 0) is 4.79 Å². The van der Waals surface area contributed by atoms with E-state index in [9.17, 15) is 14.4 Å². The summed E-state index contributed by atoms with van der Waals surface area (Å²) in [6.45, 7) is 4.62. The Balaban J connectivity index is 1.55. The van der Waals surface area contributed by atoms with Crippen molar-refractivity contribution in [2.24, 2.45) is 5.73 Å². The van der Waals surface area contributed by atoms with E-state index in [0.29, 0.717) is 37.0 Å². The number of nitrogens with zero attached hydrogens (tertiary/aromatic N) is 2. The van der Waals surface area contributed by atoms with Crippen molar-refractivity contribution in [2.75, 3.05) is 13.1 Å². The minimum Gasteiger partial charge on any atom is -0.435 e. The molecule has 25 heavy (non-hydrogen) atoms. The van der Waals surface area contributed by atoms with Crippen LogP contribution >= 0.6 is 0 Å². The normalized spacial score (nSPS) is 21.8. The highest BCUT2D eigenvalue weighted by molar-refractivity contribution is 5.96. The minimum atomic E-state index is -0.867. The number of hydrogen-bond donors (Lipinski definition) is 3. The Morgan fingerprint density at radius 2 is 2.04 bits per heavy atom. The molecule has 1 aromatic rings. The molecular formula is C16H23N5O4. The average molecular weight is 349 g/mol. The van der Waals surface area contributed by atoms with Gasteiger partial charge in [-0.2, -0.15) is 0 Å². The molecular weight excluding hydrogens is 326 g/mol. The Kier molecular flexibility index (Phi) is 4.76. The van der Waals surface area contributed by atoms with Crippen LogP contribution in [0.1, 0.15) is 54.2 Å². The lowest BCUT2D eigenvalue weighted by Crippen LogP contribution is -2.48. The summed E-state index contributed by atoms with van der Waals surface area (Å²) in [5.74, 6) is 0.539. The summed E-state index contributed by atoms with van der Waals surface area (Å²) in [6.07, 6.45) is 2.83. The third kappa shape index (κ3) is 3.98. The largest absolute Gasteiger partial charge is 0.435 e. The number of nitrogens with one attached hydrogen (secondary N) is 2. The van der Waals surface area contributed by atoms with Crippen LogP contribution in [0, 0.1) is 6.92 Å². The third-order valence-corrected chi connectivity index (χ3v) is 4.67. The highest BCUT2D eigenvalue weighted by Crippen LogP contribution is 2.40. The molecule has 1 saturated heterocycles. The molecule has 4 amide bonds. The number of urea groups is 1. The van der Waals surface area contributed by atoms with Crippen LogP contribution in [0.4, 0.5) is 4.79 Å². The number of amides is 4. The highest BCUT2D eigenvalue weighted by Gasteiger charge is 2.33. The fourth-order valence-corrected chi connectivity index (χ4v) is 3.03. The Morgan fingerprint density at radius 3 is 2.68 bits per heavy atom. The van der Waals surface area contributed by atoms with Gasteiger partial charge in [-0.05, 0) is 33.1 Å². The van der Waals surface area contributed by atoms with Crippen molar-refractivity contribution < 1.29 is 18.8 Å². The van der Waals surface area contributed by atoms with Crippen molar-refractivity contribution in [3.8, 4) is 0 Å². The molecule has 2 fully saturated rings. The smallest absolute Gasteiger partial charge is 0.318 e. The second-order valence-corrected chi connectivity index (χ2v) is 6.72. The van der Waals surface area contributed by atoms with Crippen molar-refractivity contribution in [2.45, 2.75) is 51.1 Å². The predicted octanol–water partition coefficient (Wildman–Crippen LogP) is 0.248. The first-order chi connectivity index (χ1) is 11.8. The van der Waals surface area contributed by atoms with E-state index in [-0.39, 0.29) is 17.7 Å². The summed E-state index contributed by atoms with van der Waals surface area (Å²) in [5, 5.41) is 5.01. The van der Waals surface area contributed by atoms with Crippen LogP contribution in [0.15, 0.2) is 4.42 Å². The van der Waals surface area contributed by atoms with Gasteiger partial charge in [0.2, 0.25) is 11.7 Å². The van der Waals surface area contributed by atoms with Gasteiger partial charge in [0.15, 0.2) is 5.89 Å². The van der Waals surface area contributed by atoms with Crippen LogP contribution in [0.3, 0.4) is 0 Å². The first-order valence-corrected chi connectivity index (χ1v) is 8.47. The second kappa shape index (κ2) is 6.83. The first-order valence-electron chi connectivity index (χ1n) is 8.47. The van der Waals surface area contributed by atoms with E-state index >= 15 is 0 Å². The van der Waals surface area contributed by atoms with Crippen molar-refractivity contribution in [3.05, 3.63) is 17.3 Å². The first kappa shape index (κ1) is 17.4. The molecule has 9 heteroatoms. The molecule has 2 aliphatic rings. The van der Waals surface area contributed by atoms with E-state index in [0.717, 1.165) is 12.8 Å². The zero-order valence-corrected chi connectivity index (χ0v) is 14.4. The molecule has 3 rings (SSSR count). The Hall–Kier alpha value is -2.42. The summed E-state index contributed by atoms with van der Waals surface area (Å²) in [7, 11) is 0. The molecule has 4 N–H and O–H groups in total. The van der Waals surface area contributed by atoms with Gasteiger partial charge < -0.3 is 15.5 Å². The molecule has 2 atom stereocenters. The van der Waals surface area contributed by atoms with Gasteiger partial charge in [-0.3, -0.25) is 19.8 Å². The molecule has 2 heterocycles. The Bertz CT molecular complexity index is 697. The number of hydrogen-bond acceptors (Lipinski definition) is 6. The zero-order valence-electron chi connectivity index (χ0n) is 14.4. The van der Waals surface area contributed by atoms with Crippen LogP contribution in [-0.4, -0.2) is 52.9 Å². The van der Waals surface area contributed by atoms with E-state index < -0.39 is 18.0 Å². The fraction of sp³-hybridized carbons (Fsp3) is 0.625. The number of primary amides is 1. The van der Waals surface area contributed by atoms with Crippen LogP contribution in [0.5, 0.6) is 0 Å². The summed E-state index contributed by atoms with van der Waals surface area (Å²) in [4.78, 5) is 41.3. The standard InChI is InChI=1S/C16H23N5O4/c1-8-12(25-15(18-8)10-3-4-10)14(23)19-11-5-6-21(7-11)9(2)13(22)20-16(17)24/h9-11H,3-7H2,1-2H3,(H,19,23)(H3,17,20,22,24). The molecule has 1 aliphatic heterocycles. The monoisotopic (exact) mass is 349 g/mol. The SMILES string of the molecule is Cc1nc(C2CC2)oc1C(=O)NC1CCN(C(C)C(=O)NC(N)=O)C1. The lowest BCUT2D eigenvalue weighted by atomic mass is 10.2. The van der Waals surface area contributed by atoms with Crippen LogP contribution in [0.25, 0.3) is 0 Å². The summed E-state index contributed by atoms with van der Waals surface area (Å²) in [6, 6.07) is -1.46. The maximum absolute atomic E-state index is 12.4. The van der Waals surface area contributed by atoms with Crippen LogP contribution in [0.2, 0.25) is 0 Å². The highest BCUT2D eigenvalue weighted by atomic mass is 16.4. The number of imide groups is 1. The fourth-order valence-electron chi connectivity index (χ4n) is 3.03. The Labute approximate surface area is 145 Å². The van der Waals surface area contributed by atoms with Crippen molar-refractivity contribution in [1.82, 2.24) is 20.5 Å². The van der Waals surface area contributed by atoms with Gasteiger partial charge in [0, 0.05) is 25.0 Å².